The first-order valence-electron chi connectivity index (χ1n) is 5.79. The second-order valence-corrected chi connectivity index (χ2v) is 5.18. The van der Waals surface area contributed by atoms with Crippen LogP contribution < -0.4 is 0 Å². The lowest BCUT2D eigenvalue weighted by atomic mass is 10.1. The topological polar surface area (TPSA) is 66.8 Å². The second-order valence-electron chi connectivity index (χ2n) is 4.21. The van der Waals surface area contributed by atoms with Crippen LogP contribution in [0.4, 0.5) is 0 Å². The smallest absolute Gasteiger partial charge is 0.337 e. The minimum absolute atomic E-state index is 0.0732. The minimum Gasteiger partial charge on any atom is -0.478 e. The Bertz CT molecular complexity index is 455. The van der Waals surface area contributed by atoms with Crippen LogP contribution >= 0.6 is 11.8 Å². The number of hydrogen-bond acceptors (Lipinski definition) is 5. The summed E-state index contributed by atoms with van der Waals surface area (Å²) >= 11 is 1.50. The molecule has 1 saturated heterocycles. The van der Waals surface area contributed by atoms with Gasteiger partial charge in [-0.15, -0.1) is 11.8 Å². The van der Waals surface area contributed by atoms with E-state index in [2.05, 4.69) is 0 Å². The molecule has 0 amide bonds. The average molecular weight is 269 g/mol. The van der Waals surface area contributed by atoms with Crippen molar-refractivity contribution in [2.24, 2.45) is 5.92 Å². The van der Waals surface area contributed by atoms with Gasteiger partial charge >= 0.3 is 11.9 Å². The maximum Gasteiger partial charge on any atom is 0.337 e. The Kier molecular flexibility index (Phi) is 3.65. The van der Waals surface area contributed by atoms with Gasteiger partial charge in [-0.3, -0.25) is 0 Å². The predicted octanol–water partition coefficient (Wildman–Crippen LogP) is 1.43. The number of carboxylic acids is 1. The van der Waals surface area contributed by atoms with Crippen LogP contribution in [0.2, 0.25) is 0 Å². The van der Waals surface area contributed by atoms with Crippen LogP contribution in [0.15, 0.2) is 22.4 Å². The fourth-order valence-corrected chi connectivity index (χ4v) is 3.50. The summed E-state index contributed by atoms with van der Waals surface area (Å²) in [6.45, 7) is 4.73. The largest absolute Gasteiger partial charge is 0.478 e. The van der Waals surface area contributed by atoms with Crippen LogP contribution in [-0.2, 0) is 14.3 Å². The van der Waals surface area contributed by atoms with Gasteiger partial charge in [0.25, 0.3) is 0 Å². The highest BCUT2D eigenvalue weighted by Gasteiger charge is 2.39. The molecule has 2 heterocycles. The van der Waals surface area contributed by atoms with Crippen molar-refractivity contribution in [3.05, 3.63) is 22.4 Å². The van der Waals surface area contributed by atoms with Gasteiger partial charge in [0, 0.05) is 30.0 Å². The predicted molar refractivity (Wildman–Crippen MR) is 67.7 cm³/mol. The molecule has 2 aliphatic rings. The standard InChI is InChI=1S/C12H15NO4S/c1-3-17-12(16)10-7(2)5-13-8(4-9(14)15)6-18-11(10)13/h4,7H,3,5-6H2,1-2H3,(H,14,15). The molecule has 6 heteroatoms. The molecule has 0 aromatic heterocycles. The van der Waals surface area contributed by atoms with Gasteiger partial charge in [0.05, 0.1) is 17.2 Å². The highest BCUT2D eigenvalue weighted by molar-refractivity contribution is 8.03. The number of aliphatic carboxylic acids is 1. The molecule has 0 aliphatic carbocycles. The van der Waals surface area contributed by atoms with E-state index < -0.39 is 5.97 Å². The van der Waals surface area contributed by atoms with Crippen LogP contribution in [0, 0.1) is 5.92 Å². The summed E-state index contributed by atoms with van der Waals surface area (Å²) in [7, 11) is 0. The lowest BCUT2D eigenvalue weighted by Crippen LogP contribution is -2.18. The Balaban J connectivity index is 2.29. The van der Waals surface area contributed by atoms with Crippen molar-refractivity contribution in [2.45, 2.75) is 13.8 Å². The molecule has 0 aromatic rings. The molecular weight excluding hydrogens is 254 g/mol. The Morgan fingerprint density at radius 2 is 2.33 bits per heavy atom. The SMILES string of the molecule is CCOC(=O)C1=C2SCC(=CC(=O)O)N2CC1C. The van der Waals surface area contributed by atoms with E-state index in [4.69, 9.17) is 9.84 Å². The van der Waals surface area contributed by atoms with E-state index in [9.17, 15) is 9.59 Å². The van der Waals surface area contributed by atoms with Gasteiger partial charge in [-0.05, 0) is 6.92 Å². The Morgan fingerprint density at radius 1 is 1.61 bits per heavy atom. The van der Waals surface area contributed by atoms with Gasteiger partial charge in [0.15, 0.2) is 0 Å². The molecule has 1 atom stereocenters. The first-order chi connectivity index (χ1) is 8.54. The molecular formula is C12H15NO4S. The summed E-state index contributed by atoms with van der Waals surface area (Å²) in [4.78, 5) is 24.5. The summed E-state index contributed by atoms with van der Waals surface area (Å²) in [5.41, 5.74) is 1.42. The molecule has 0 bridgehead atoms. The highest BCUT2D eigenvalue weighted by atomic mass is 32.2. The zero-order chi connectivity index (χ0) is 13.3. The third-order valence-corrected chi connectivity index (χ3v) is 4.07. The molecule has 1 N–H and O–H groups in total. The number of ether oxygens (including phenoxy) is 1. The van der Waals surface area contributed by atoms with Crippen molar-refractivity contribution in [3.8, 4) is 0 Å². The Morgan fingerprint density at radius 3 is 2.94 bits per heavy atom. The molecule has 2 rings (SSSR count). The monoisotopic (exact) mass is 269 g/mol. The zero-order valence-electron chi connectivity index (χ0n) is 10.3. The van der Waals surface area contributed by atoms with Crippen molar-refractivity contribution in [3.63, 3.8) is 0 Å². The molecule has 0 spiro atoms. The summed E-state index contributed by atoms with van der Waals surface area (Å²) in [6.07, 6.45) is 1.21. The van der Waals surface area contributed by atoms with E-state index in [1.165, 1.54) is 17.8 Å². The van der Waals surface area contributed by atoms with E-state index in [0.29, 0.717) is 24.5 Å². The quantitative estimate of drug-likeness (QED) is 0.617. The molecule has 2 aliphatic heterocycles. The van der Waals surface area contributed by atoms with E-state index in [1.54, 1.807) is 6.92 Å². The van der Waals surface area contributed by atoms with Crippen LogP contribution in [0.1, 0.15) is 13.8 Å². The molecule has 98 valence electrons. The number of fused-ring (bicyclic) bond motifs is 1. The fraction of sp³-hybridized carbons (Fsp3) is 0.500. The number of nitrogens with zero attached hydrogens (tertiary/aromatic N) is 1. The number of rotatable bonds is 3. The first-order valence-corrected chi connectivity index (χ1v) is 6.78. The number of carbonyl (C=O) groups excluding carboxylic acids is 1. The van der Waals surface area contributed by atoms with Crippen molar-refractivity contribution in [1.82, 2.24) is 4.90 Å². The molecule has 0 saturated carbocycles. The normalized spacial score (nSPS) is 24.7. The molecule has 5 nitrogen and oxygen atoms in total. The highest BCUT2D eigenvalue weighted by Crippen LogP contribution is 2.44. The van der Waals surface area contributed by atoms with E-state index in [-0.39, 0.29) is 11.9 Å². The van der Waals surface area contributed by atoms with E-state index in [0.717, 1.165) is 10.7 Å². The maximum absolute atomic E-state index is 11.9. The van der Waals surface area contributed by atoms with Gasteiger partial charge in [0.1, 0.15) is 0 Å². The van der Waals surface area contributed by atoms with E-state index >= 15 is 0 Å². The number of esters is 1. The lowest BCUT2D eigenvalue weighted by Gasteiger charge is -2.15. The molecule has 0 radical (unpaired) electrons. The summed E-state index contributed by atoms with van der Waals surface area (Å²) < 4.78 is 5.05. The third kappa shape index (κ3) is 2.25. The van der Waals surface area contributed by atoms with Crippen molar-refractivity contribution >= 4 is 23.7 Å². The van der Waals surface area contributed by atoms with Gasteiger partial charge in [-0.1, -0.05) is 6.92 Å². The lowest BCUT2D eigenvalue weighted by molar-refractivity contribution is -0.139. The van der Waals surface area contributed by atoms with Gasteiger partial charge in [-0.2, -0.15) is 0 Å². The van der Waals surface area contributed by atoms with Gasteiger partial charge < -0.3 is 14.7 Å². The maximum atomic E-state index is 11.9. The van der Waals surface area contributed by atoms with Gasteiger partial charge in [-0.25, -0.2) is 9.59 Å². The van der Waals surface area contributed by atoms with Gasteiger partial charge in [0.2, 0.25) is 0 Å². The Labute approximate surface area is 109 Å². The molecule has 0 aromatic carbocycles. The number of carbonyl (C=O) groups is 2. The van der Waals surface area contributed by atoms with Crippen LogP contribution in [0.5, 0.6) is 0 Å². The fourth-order valence-electron chi connectivity index (χ4n) is 2.19. The molecule has 1 unspecified atom stereocenters. The number of thioether (sulfide) groups is 1. The van der Waals surface area contributed by atoms with Crippen LogP contribution in [-0.4, -0.2) is 40.8 Å². The van der Waals surface area contributed by atoms with E-state index in [1.807, 2.05) is 11.8 Å². The average Bonchev–Trinajstić information content (AvgIpc) is 2.77. The molecule has 1 fully saturated rings. The van der Waals surface area contributed by atoms with Crippen LogP contribution in [0.3, 0.4) is 0 Å². The summed E-state index contributed by atoms with van der Waals surface area (Å²) in [6, 6.07) is 0. The number of carboxylic acid groups (broad SMARTS) is 1. The minimum atomic E-state index is -0.955. The summed E-state index contributed by atoms with van der Waals surface area (Å²) in [5, 5.41) is 9.65. The van der Waals surface area contributed by atoms with Crippen molar-refractivity contribution < 1.29 is 19.4 Å². The molecule has 18 heavy (non-hydrogen) atoms. The zero-order valence-corrected chi connectivity index (χ0v) is 11.1. The Hall–Kier alpha value is -1.43. The summed E-state index contributed by atoms with van der Waals surface area (Å²) in [5.74, 6) is -0.572. The third-order valence-electron chi connectivity index (χ3n) is 2.91. The van der Waals surface area contributed by atoms with Crippen molar-refractivity contribution in [2.75, 3.05) is 18.9 Å². The van der Waals surface area contributed by atoms with Crippen molar-refractivity contribution in [1.29, 1.82) is 0 Å². The van der Waals surface area contributed by atoms with Crippen LogP contribution in [0.25, 0.3) is 0 Å². The second kappa shape index (κ2) is 5.06. The first kappa shape index (κ1) is 13.0. The number of hydrogen-bond donors (Lipinski definition) is 1.